The van der Waals surface area contributed by atoms with Gasteiger partial charge in [-0.3, -0.25) is 0 Å². The number of aromatic nitrogens is 3. The predicted molar refractivity (Wildman–Crippen MR) is 50.2 cm³/mol. The zero-order chi connectivity index (χ0) is 9.68. The van der Waals surface area contributed by atoms with E-state index in [4.69, 9.17) is 27.9 Å². The van der Waals surface area contributed by atoms with Gasteiger partial charge in [-0.2, -0.15) is 15.0 Å². The van der Waals surface area contributed by atoms with Crippen LogP contribution in [-0.4, -0.2) is 21.6 Å². The normalized spacial score (nSPS) is 9.69. The van der Waals surface area contributed by atoms with Crippen molar-refractivity contribution in [3.05, 3.63) is 23.2 Å². The first-order valence-electron chi connectivity index (χ1n) is 3.53. The molecular formula is C7H7Cl2N3O. The van der Waals surface area contributed by atoms with E-state index in [1.807, 2.05) is 0 Å². The van der Waals surface area contributed by atoms with E-state index in [1.54, 1.807) is 6.08 Å². The second-order valence-electron chi connectivity index (χ2n) is 2.08. The van der Waals surface area contributed by atoms with Gasteiger partial charge in [0, 0.05) is 0 Å². The Balaban J connectivity index is 2.60. The van der Waals surface area contributed by atoms with Crippen LogP contribution in [0.1, 0.15) is 6.42 Å². The highest BCUT2D eigenvalue weighted by Gasteiger charge is 2.02. The molecule has 70 valence electrons. The third-order valence-electron chi connectivity index (χ3n) is 1.11. The lowest BCUT2D eigenvalue weighted by atomic mass is 10.5. The number of hydrogen-bond donors (Lipinski definition) is 0. The lowest BCUT2D eigenvalue weighted by Gasteiger charge is -2.01. The van der Waals surface area contributed by atoms with Crippen LogP contribution in [0.15, 0.2) is 12.7 Å². The fraction of sp³-hybridized carbons (Fsp3) is 0.286. The van der Waals surface area contributed by atoms with E-state index in [1.165, 1.54) is 0 Å². The largest absolute Gasteiger partial charge is 0.463 e. The molecular weight excluding hydrogens is 213 g/mol. The molecule has 0 spiro atoms. The van der Waals surface area contributed by atoms with Crippen LogP contribution in [0.25, 0.3) is 0 Å². The molecule has 1 rings (SSSR count). The Morgan fingerprint density at radius 1 is 1.23 bits per heavy atom. The first-order valence-corrected chi connectivity index (χ1v) is 4.28. The van der Waals surface area contributed by atoms with Crippen LogP contribution < -0.4 is 4.74 Å². The minimum Gasteiger partial charge on any atom is -0.463 e. The first-order chi connectivity index (χ1) is 6.22. The maximum Gasteiger partial charge on any atom is 0.322 e. The van der Waals surface area contributed by atoms with Crippen LogP contribution >= 0.6 is 23.2 Å². The van der Waals surface area contributed by atoms with Crippen LogP contribution in [0.4, 0.5) is 0 Å². The molecule has 4 nitrogen and oxygen atoms in total. The summed E-state index contributed by atoms with van der Waals surface area (Å²) in [6.45, 7) is 3.99. The first kappa shape index (κ1) is 10.2. The molecule has 0 aliphatic carbocycles. The van der Waals surface area contributed by atoms with E-state index in [-0.39, 0.29) is 16.6 Å². The Hall–Kier alpha value is -0.870. The van der Waals surface area contributed by atoms with E-state index in [0.717, 1.165) is 0 Å². The monoisotopic (exact) mass is 219 g/mol. The lowest BCUT2D eigenvalue weighted by molar-refractivity contribution is 0.298. The minimum absolute atomic E-state index is 0.0219. The van der Waals surface area contributed by atoms with Crippen LogP contribution in [0.5, 0.6) is 6.01 Å². The quantitative estimate of drug-likeness (QED) is 0.576. The van der Waals surface area contributed by atoms with Gasteiger partial charge in [0.1, 0.15) is 0 Å². The molecule has 1 aromatic heterocycles. The van der Waals surface area contributed by atoms with Crippen LogP contribution in [0.2, 0.25) is 10.6 Å². The summed E-state index contributed by atoms with van der Waals surface area (Å²) in [6.07, 6.45) is 2.44. The molecule has 0 amide bonds. The molecule has 1 aromatic rings. The molecule has 0 aliphatic rings. The Morgan fingerprint density at radius 3 is 2.38 bits per heavy atom. The van der Waals surface area contributed by atoms with Crippen molar-refractivity contribution < 1.29 is 4.74 Å². The smallest absolute Gasteiger partial charge is 0.322 e. The maximum atomic E-state index is 5.52. The van der Waals surface area contributed by atoms with Gasteiger partial charge >= 0.3 is 6.01 Å². The Labute approximate surface area is 85.6 Å². The topological polar surface area (TPSA) is 47.9 Å². The minimum atomic E-state index is 0.0219. The van der Waals surface area contributed by atoms with Crippen molar-refractivity contribution in [2.24, 2.45) is 0 Å². The average Bonchev–Trinajstić information content (AvgIpc) is 2.03. The van der Waals surface area contributed by atoms with Gasteiger partial charge in [0.15, 0.2) is 0 Å². The average molecular weight is 220 g/mol. The molecule has 0 fully saturated rings. The Kier molecular flexibility index (Phi) is 3.92. The van der Waals surface area contributed by atoms with E-state index in [9.17, 15) is 0 Å². The molecule has 0 aliphatic heterocycles. The zero-order valence-electron chi connectivity index (χ0n) is 6.70. The molecule has 0 radical (unpaired) electrons. The zero-order valence-corrected chi connectivity index (χ0v) is 8.22. The summed E-state index contributed by atoms with van der Waals surface area (Å²) in [6, 6.07) is 0.131. The molecule has 0 bridgehead atoms. The van der Waals surface area contributed by atoms with Crippen molar-refractivity contribution in [2.45, 2.75) is 6.42 Å². The number of nitrogens with zero attached hydrogens (tertiary/aromatic N) is 3. The molecule has 0 aromatic carbocycles. The summed E-state index contributed by atoms with van der Waals surface area (Å²) in [5.41, 5.74) is 0. The van der Waals surface area contributed by atoms with Crippen molar-refractivity contribution in [3.8, 4) is 6.01 Å². The summed E-state index contributed by atoms with van der Waals surface area (Å²) < 4.78 is 5.11. The van der Waals surface area contributed by atoms with Gasteiger partial charge in [0.25, 0.3) is 0 Å². The summed E-state index contributed by atoms with van der Waals surface area (Å²) in [4.78, 5) is 11.0. The lowest BCUT2D eigenvalue weighted by Crippen LogP contribution is -2.01. The predicted octanol–water partition coefficient (Wildman–Crippen LogP) is 2.13. The maximum absolute atomic E-state index is 5.52. The highest BCUT2D eigenvalue weighted by Crippen LogP contribution is 2.11. The summed E-state index contributed by atoms with van der Waals surface area (Å²) in [5.74, 6) is 0. The molecule has 6 heteroatoms. The second-order valence-corrected chi connectivity index (χ2v) is 2.76. The number of rotatable bonds is 4. The van der Waals surface area contributed by atoms with E-state index in [0.29, 0.717) is 13.0 Å². The van der Waals surface area contributed by atoms with Gasteiger partial charge in [0.2, 0.25) is 10.6 Å². The highest BCUT2D eigenvalue weighted by atomic mass is 35.5. The van der Waals surface area contributed by atoms with E-state index in [2.05, 4.69) is 21.5 Å². The van der Waals surface area contributed by atoms with Gasteiger partial charge in [-0.25, -0.2) is 0 Å². The van der Waals surface area contributed by atoms with Crippen LogP contribution in [0.3, 0.4) is 0 Å². The molecule has 0 saturated carbocycles. The second kappa shape index (κ2) is 4.99. The van der Waals surface area contributed by atoms with Gasteiger partial charge in [0.05, 0.1) is 6.61 Å². The van der Waals surface area contributed by atoms with Crippen molar-refractivity contribution in [2.75, 3.05) is 6.61 Å². The summed E-state index contributed by atoms with van der Waals surface area (Å²) in [7, 11) is 0. The van der Waals surface area contributed by atoms with Crippen LogP contribution in [-0.2, 0) is 0 Å². The van der Waals surface area contributed by atoms with Crippen molar-refractivity contribution in [1.29, 1.82) is 0 Å². The molecule has 13 heavy (non-hydrogen) atoms. The molecule has 1 heterocycles. The fourth-order valence-corrected chi connectivity index (χ4v) is 0.955. The Morgan fingerprint density at radius 2 is 1.85 bits per heavy atom. The highest BCUT2D eigenvalue weighted by molar-refractivity contribution is 6.31. The molecule has 0 unspecified atom stereocenters. The van der Waals surface area contributed by atoms with Crippen molar-refractivity contribution in [1.82, 2.24) is 15.0 Å². The SMILES string of the molecule is C=CCCOc1nc(Cl)nc(Cl)n1. The number of halogens is 2. The fourth-order valence-electron chi connectivity index (χ4n) is 0.607. The summed E-state index contributed by atoms with van der Waals surface area (Å²) >= 11 is 11.0. The third kappa shape index (κ3) is 3.57. The molecule has 0 N–H and O–H groups in total. The van der Waals surface area contributed by atoms with Gasteiger partial charge in [-0.1, -0.05) is 6.08 Å². The number of hydrogen-bond acceptors (Lipinski definition) is 4. The summed E-state index contributed by atoms with van der Waals surface area (Å²) in [5, 5.41) is 0.0437. The van der Waals surface area contributed by atoms with E-state index < -0.39 is 0 Å². The number of ether oxygens (including phenoxy) is 1. The third-order valence-corrected chi connectivity index (χ3v) is 1.45. The molecule has 0 saturated heterocycles. The van der Waals surface area contributed by atoms with Crippen molar-refractivity contribution >= 4 is 23.2 Å². The molecule has 0 atom stereocenters. The van der Waals surface area contributed by atoms with Gasteiger partial charge in [-0.15, -0.1) is 6.58 Å². The van der Waals surface area contributed by atoms with Crippen molar-refractivity contribution in [3.63, 3.8) is 0 Å². The van der Waals surface area contributed by atoms with Crippen LogP contribution in [0, 0.1) is 0 Å². The van der Waals surface area contributed by atoms with E-state index >= 15 is 0 Å². The van der Waals surface area contributed by atoms with Gasteiger partial charge in [-0.05, 0) is 29.6 Å². The van der Waals surface area contributed by atoms with Gasteiger partial charge < -0.3 is 4.74 Å². The standard InChI is InChI=1S/C7H7Cl2N3O/c1-2-3-4-13-7-11-5(8)10-6(9)12-7/h2H,1,3-4H2. The Bertz CT molecular complexity index is 286.